The van der Waals surface area contributed by atoms with Crippen LogP contribution < -0.4 is 10.2 Å². The molecule has 0 radical (unpaired) electrons. The van der Waals surface area contributed by atoms with Gasteiger partial charge < -0.3 is 10.2 Å². The summed E-state index contributed by atoms with van der Waals surface area (Å²) in [6.07, 6.45) is 0.673. The summed E-state index contributed by atoms with van der Waals surface area (Å²) >= 11 is 1.49. The summed E-state index contributed by atoms with van der Waals surface area (Å²) in [5, 5.41) is 16.3. The number of hydrogen-bond donors (Lipinski definition) is 1. The van der Waals surface area contributed by atoms with Gasteiger partial charge >= 0.3 is 0 Å². The number of nitrogens with one attached hydrogen (secondary N) is 1. The first-order valence-electron chi connectivity index (χ1n) is 7.28. The van der Waals surface area contributed by atoms with Crippen molar-refractivity contribution in [2.75, 3.05) is 25.5 Å². The Morgan fingerprint density at radius 3 is 2.91 bits per heavy atom. The van der Waals surface area contributed by atoms with E-state index in [1.54, 1.807) is 4.52 Å². The number of carbonyl (C=O) groups is 1. The zero-order valence-corrected chi connectivity index (χ0v) is 14.1. The van der Waals surface area contributed by atoms with Gasteiger partial charge in [0.05, 0.1) is 0 Å². The van der Waals surface area contributed by atoms with Crippen molar-refractivity contribution in [2.24, 2.45) is 0 Å². The van der Waals surface area contributed by atoms with Gasteiger partial charge in [-0.1, -0.05) is 17.4 Å². The third-order valence-corrected chi connectivity index (χ3v) is 4.40. The molecular formula is C15H18N6OS. The monoisotopic (exact) mass is 330 g/mol. The summed E-state index contributed by atoms with van der Waals surface area (Å²) in [7, 11) is 3.90. The Balaban J connectivity index is 1.59. The average molecular weight is 330 g/mol. The fourth-order valence-electron chi connectivity index (χ4n) is 2.17. The molecule has 23 heavy (non-hydrogen) atoms. The molecule has 3 rings (SSSR count). The summed E-state index contributed by atoms with van der Waals surface area (Å²) in [5.74, 6) is 0.694. The van der Waals surface area contributed by atoms with Crippen molar-refractivity contribution < 1.29 is 4.79 Å². The Morgan fingerprint density at radius 2 is 2.17 bits per heavy atom. The van der Waals surface area contributed by atoms with Crippen LogP contribution in [0, 0.1) is 6.92 Å². The number of rotatable bonds is 5. The number of aryl methyl sites for hydroxylation is 1. The van der Waals surface area contributed by atoms with Gasteiger partial charge in [0.2, 0.25) is 4.96 Å². The minimum absolute atomic E-state index is 0.0760. The third-order valence-electron chi connectivity index (χ3n) is 3.44. The standard InChI is InChI=1S/C15H18N6OS/c1-10-17-18-15-21(10)19-13(23-15)7-8-16-14(22)11-5-4-6-12(9-11)20(2)3/h4-6,9H,7-8H2,1-3H3,(H,16,22). The van der Waals surface area contributed by atoms with E-state index in [0.717, 1.165) is 21.5 Å². The predicted octanol–water partition coefficient (Wildman–Crippen LogP) is 1.53. The quantitative estimate of drug-likeness (QED) is 0.768. The van der Waals surface area contributed by atoms with Crippen molar-refractivity contribution in [3.8, 4) is 0 Å². The average Bonchev–Trinajstić information content (AvgIpc) is 3.09. The lowest BCUT2D eigenvalue weighted by molar-refractivity contribution is 0.0954. The lowest BCUT2D eigenvalue weighted by atomic mass is 10.2. The lowest BCUT2D eigenvalue weighted by Crippen LogP contribution is -2.26. The van der Waals surface area contributed by atoms with Gasteiger partial charge in [-0.15, -0.1) is 10.2 Å². The van der Waals surface area contributed by atoms with Crippen LogP contribution in [0.25, 0.3) is 4.96 Å². The van der Waals surface area contributed by atoms with Crippen LogP contribution in [0.3, 0.4) is 0 Å². The zero-order valence-electron chi connectivity index (χ0n) is 13.3. The minimum atomic E-state index is -0.0760. The molecule has 0 aliphatic carbocycles. The number of benzene rings is 1. The molecule has 0 saturated carbocycles. The van der Waals surface area contributed by atoms with Crippen molar-refractivity contribution in [3.05, 3.63) is 40.7 Å². The molecule has 0 fully saturated rings. The van der Waals surface area contributed by atoms with Gasteiger partial charge in [-0.05, 0) is 25.1 Å². The van der Waals surface area contributed by atoms with E-state index in [-0.39, 0.29) is 5.91 Å². The van der Waals surface area contributed by atoms with Crippen LogP contribution in [-0.2, 0) is 6.42 Å². The summed E-state index contributed by atoms with van der Waals surface area (Å²) in [6, 6.07) is 7.55. The molecule has 1 N–H and O–H groups in total. The van der Waals surface area contributed by atoms with E-state index < -0.39 is 0 Å². The second-order valence-corrected chi connectivity index (χ2v) is 6.43. The zero-order chi connectivity index (χ0) is 16.4. The number of carbonyl (C=O) groups excluding carboxylic acids is 1. The maximum absolute atomic E-state index is 12.2. The summed E-state index contributed by atoms with van der Waals surface area (Å²) in [6.45, 7) is 2.40. The largest absolute Gasteiger partial charge is 0.378 e. The van der Waals surface area contributed by atoms with Crippen LogP contribution in [0.5, 0.6) is 0 Å². The van der Waals surface area contributed by atoms with E-state index in [9.17, 15) is 4.79 Å². The van der Waals surface area contributed by atoms with Gasteiger partial charge in [0.25, 0.3) is 5.91 Å². The topological polar surface area (TPSA) is 75.4 Å². The van der Waals surface area contributed by atoms with Crippen LogP contribution in [0.4, 0.5) is 5.69 Å². The van der Waals surface area contributed by atoms with Crippen molar-refractivity contribution >= 4 is 27.9 Å². The van der Waals surface area contributed by atoms with Gasteiger partial charge in [0.1, 0.15) is 5.01 Å². The fourth-order valence-corrected chi connectivity index (χ4v) is 3.04. The smallest absolute Gasteiger partial charge is 0.251 e. The Morgan fingerprint density at radius 1 is 1.35 bits per heavy atom. The third kappa shape index (κ3) is 3.31. The second-order valence-electron chi connectivity index (χ2n) is 5.39. The molecule has 120 valence electrons. The number of nitrogens with zero attached hydrogens (tertiary/aromatic N) is 5. The normalized spacial score (nSPS) is 10.9. The van der Waals surface area contributed by atoms with Crippen molar-refractivity contribution in [1.29, 1.82) is 0 Å². The SMILES string of the molecule is Cc1nnc2sc(CCNC(=O)c3cccc(N(C)C)c3)nn12. The molecule has 2 heterocycles. The molecule has 0 bridgehead atoms. The van der Waals surface area contributed by atoms with E-state index in [4.69, 9.17) is 0 Å². The Hall–Kier alpha value is -2.48. The summed E-state index contributed by atoms with van der Waals surface area (Å²) in [5.41, 5.74) is 1.66. The molecule has 0 aliphatic heterocycles. The van der Waals surface area contributed by atoms with Gasteiger partial charge in [0.15, 0.2) is 5.82 Å². The van der Waals surface area contributed by atoms with E-state index in [1.807, 2.05) is 50.2 Å². The summed E-state index contributed by atoms with van der Waals surface area (Å²) < 4.78 is 1.72. The maximum atomic E-state index is 12.2. The Kier molecular flexibility index (Phi) is 4.24. The van der Waals surface area contributed by atoms with E-state index in [1.165, 1.54) is 11.3 Å². The highest BCUT2D eigenvalue weighted by Crippen LogP contribution is 2.15. The molecule has 0 spiro atoms. The highest BCUT2D eigenvalue weighted by atomic mass is 32.1. The van der Waals surface area contributed by atoms with Crippen molar-refractivity contribution in [3.63, 3.8) is 0 Å². The van der Waals surface area contributed by atoms with Crippen molar-refractivity contribution in [2.45, 2.75) is 13.3 Å². The van der Waals surface area contributed by atoms with Crippen LogP contribution in [-0.4, -0.2) is 46.4 Å². The van der Waals surface area contributed by atoms with Crippen molar-refractivity contribution in [1.82, 2.24) is 25.1 Å². The molecule has 2 aromatic heterocycles. The van der Waals surface area contributed by atoms with E-state index in [0.29, 0.717) is 18.5 Å². The number of hydrogen-bond acceptors (Lipinski definition) is 6. The first-order chi connectivity index (χ1) is 11.0. The Bertz CT molecular complexity index is 837. The summed E-state index contributed by atoms with van der Waals surface area (Å²) in [4.78, 5) is 15.0. The fraction of sp³-hybridized carbons (Fsp3) is 0.333. The number of amides is 1. The molecule has 0 aliphatic rings. The molecule has 0 saturated heterocycles. The molecule has 1 amide bonds. The molecule has 7 nitrogen and oxygen atoms in total. The lowest BCUT2D eigenvalue weighted by Gasteiger charge is -2.13. The molecular weight excluding hydrogens is 312 g/mol. The first-order valence-corrected chi connectivity index (χ1v) is 8.09. The van der Waals surface area contributed by atoms with Gasteiger partial charge in [-0.3, -0.25) is 4.79 Å². The predicted molar refractivity (Wildman–Crippen MR) is 90.2 cm³/mol. The molecule has 8 heteroatoms. The van der Waals surface area contributed by atoms with Crippen LogP contribution >= 0.6 is 11.3 Å². The number of fused-ring (bicyclic) bond motifs is 1. The van der Waals surface area contributed by atoms with E-state index in [2.05, 4.69) is 20.6 Å². The highest BCUT2D eigenvalue weighted by Gasteiger charge is 2.10. The van der Waals surface area contributed by atoms with Crippen LogP contribution in [0.1, 0.15) is 21.2 Å². The molecule has 0 unspecified atom stereocenters. The van der Waals surface area contributed by atoms with Gasteiger partial charge in [-0.25, -0.2) is 0 Å². The Labute approximate surface area is 138 Å². The van der Waals surface area contributed by atoms with Gasteiger partial charge in [-0.2, -0.15) is 9.61 Å². The number of aromatic nitrogens is 4. The minimum Gasteiger partial charge on any atom is -0.378 e. The van der Waals surface area contributed by atoms with Crippen LogP contribution in [0.15, 0.2) is 24.3 Å². The first kappa shape index (κ1) is 15.4. The molecule has 3 aromatic rings. The number of anilines is 1. The highest BCUT2D eigenvalue weighted by molar-refractivity contribution is 7.16. The second kappa shape index (κ2) is 6.33. The van der Waals surface area contributed by atoms with Crippen LogP contribution in [0.2, 0.25) is 0 Å². The molecule has 0 atom stereocenters. The van der Waals surface area contributed by atoms with E-state index >= 15 is 0 Å². The molecule has 1 aromatic carbocycles. The van der Waals surface area contributed by atoms with Gasteiger partial charge in [0, 0.05) is 38.3 Å². The maximum Gasteiger partial charge on any atom is 0.251 e.